The average Bonchev–Trinajstić information content (AvgIpc) is 3.79. The second-order valence-corrected chi connectivity index (χ2v) is 20.1. The van der Waals surface area contributed by atoms with Gasteiger partial charge in [-0.05, 0) is 162 Å². The second kappa shape index (κ2) is 18.2. The van der Waals surface area contributed by atoms with Crippen LogP contribution in [0, 0.1) is 30.4 Å². The summed E-state index contributed by atoms with van der Waals surface area (Å²) in [4.78, 5) is 5.64. The molecule has 0 amide bonds. The van der Waals surface area contributed by atoms with Crippen LogP contribution in [-0.2, 0) is 10.8 Å². The molecular formula is C51H40F4I2OS2. The van der Waals surface area contributed by atoms with Crippen molar-refractivity contribution in [3.05, 3.63) is 200 Å². The van der Waals surface area contributed by atoms with Gasteiger partial charge in [-0.3, -0.25) is 0 Å². The Bertz CT molecular complexity index is 2830. The zero-order chi connectivity index (χ0) is 39.4. The van der Waals surface area contributed by atoms with Crippen molar-refractivity contribution in [1.29, 1.82) is 0 Å². The highest BCUT2D eigenvalue weighted by Crippen LogP contribution is 2.84. The summed E-state index contributed by atoms with van der Waals surface area (Å²) in [6.07, 6.45) is 0. The quantitative estimate of drug-likeness (QED) is 0.118. The third-order valence-corrected chi connectivity index (χ3v) is 17.5. The smallest absolute Gasteiger partial charge is 0.124 e. The minimum absolute atomic E-state index is 0. The van der Waals surface area contributed by atoms with Crippen LogP contribution in [0.3, 0.4) is 0 Å². The van der Waals surface area contributed by atoms with Crippen molar-refractivity contribution < 1.29 is 21.8 Å². The Kier molecular flexibility index (Phi) is 13.6. The van der Waals surface area contributed by atoms with E-state index in [9.17, 15) is 21.8 Å². The highest BCUT2D eigenvalue weighted by atomic mass is 127. The van der Waals surface area contributed by atoms with Gasteiger partial charge in [-0.25, -0.2) is 21.8 Å². The number of rotatable bonds is 1. The van der Waals surface area contributed by atoms with Crippen molar-refractivity contribution in [2.24, 2.45) is 0 Å². The van der Waals surface area contributed by atoms with E-state index < -0.39 is 20.8 Å². The molecule has 3 aliphatic rings. The first-order valence-electron chi connectivity index (χ1n) is 17.8. The lowest BCUT2D eigenvalue weighted by atomic mass is 10.1. The normalized spacial score (nSPS) is 14.0. The van der Waals surface area contributed by atoms with Crippen molar-refractivity contribution >= 4 is 66.0 Å². The van der Waals surface area contributed by atoms with E-state index in [0.717, 1.165) is 62.8 Å². The molecule has 8 aromatic rings. The van der Waals surface area contributed by atoms with Crippen LogP contribution in [-0.4, -0.2) is 4.21 Å². The van der Waals surface area contributed by atoms with Crippen LogP contribution in [0.15, 0.2) is 199 Å². The molecule has 0 saturated carbocycles. The van der Waals surface area contributed by atoms with Crippen molar-refractivity contribution in [1.82, 2.24) is 0 Å². The molecule has 3 aliphatic heterocycles. The predicted molar refractivity (Wildman–Crippen MR) is 258 cm³/mol. The molecule has 8 aromatic carbocycles. The van der Waals surface area contributed by atoms with Crippen LogP contribution in [0.5, 0.6) is 0 Å². The van der Waals surface area contributed by atoms with Gasteiger partial charge in [-0.15, -0.1) is 10.0 Å². The molecule has 1 spiro atoms. The van der Waals surface area contributed by atoms with Crippen molar-refractivity contribution in [2.45, 2.75) is 51.7 Å². The summed E-state index contributed by atoms with van der Waals surface area (Å²) in [7, 11) is -3.11. The van der Waals surface area contributed by atoms with Crippen LogP contribution >= 0.6 is 55.2 Å². The first-order valence-corrected chi connectivity index (χ1v) is 22.7. The summed E-state index contributed by atoms with van der Waals surface area (Å²) in [6, 6.07) is 51.5. The molecule has 0 radical (unpaired) electrons. The number of hydrogen-bond donors (Lipinski definition) is 0. The molecule has 60 heavy (non-hydrogen) atoms. The van der Waals surface area contributed by atoms with Gasteiger partial charge in [-0.2, -0.15) is 0 Å². The van der Waals surface area contributed by atoms with E-state index in [1.54, 1.807) is 24.3 Å². The largest absolute Gasteiger partial charge is 0.249 e. The summed E-state index contributed by atoms with van der Waals surface area (Å²) in [5.41, 5.74) is 8.41. The molecule has 0 saturated heterocycles. The minimum atomic E-state index is -1.89. The van der Waals surface area contributed by atoms with Crippen molar-refractivity contribution in [3.8, 4) is 44.5 Å². The van der Waals surface area contributed by atoms with Crippen molar-refractivity contribution in [3.63, 3.8) is 0 Å². The Morgan fingerprint density at radius 1 is 0.350 bits per heavy atom. The lowest BCUT2D eigenvalue weighted by Crippen LogP contribution is -1.98. The van der Waals surface area contributed by atoms with E-state index in [-0.39, 0.29) is 45.5 Å². The van der Waals surface area contributed by atoms with E-state index in [2.05, 4.69) is 81.6 Å². The number of benzene rings is 8. The Morgan fingerprint density at radius 3 is 1.25 bits per heavy atom. The number of fused-ring (bicyclic) bond motifs is 13. The Hall–Kier alpha value is -4.56. The van der Waals surface area contributed by atoms with E-state index in [1.165, 1.54) is 43.7 Å². The summed E-state index contributed by atoms with van der Waals surface area (Å²) < 4.78 is 68.9. The topological polar surface area (TPSA) is 17.1 Å². The molecule has 1 unspecified atom stereocenters. The van der Waals surface area contributed by atoms with E-state index in [0.29, 0.717) is 4.90 Å². The maximum atomic E-state index is 14.4. The summed E-state index contributed by atoms with van der Waals surface area (Å²) in [5.74, 6) is -1.03. The minimum Gasteiger partial charge on any atom is -0.249 e. The van der Waals surface area contributed by atoms with Crippen LogP contribution in [0.2, 0.25) is 0 Å². The molecule has 0 N–H and O–H groups in total. The maximum Gasteiger partial charge on any atom is 0.124 e. The third kappa shape index (κ3) is 7.56. The van der Waals surface area contributed by atoms with E-state index in [4.69, 9.17) is 0 Å². The molecular weight excluding hydrogens is 1020 g/mol. The zero-order valence-corrected chi connectivity index (χ0v) is 35.6. The van der Waals surface area contributed by atoms with Crippen LogP contribution < -0.4 is 0 Å². The SMILES string of the molecule is C.C.C.Fc1ccc(-c2ccccc2I)c(I)c1.Fc1ccc2c(c1)S1(c3ccccc3-2)c2ccccc2-c2ccc(F)cc21.O=S1c2ccccc2-c2ccc(F)cc21. The molecule has 3 heterocycles. The number of hydrogen-bond acceptors (Lipinski definition) is 1. The van der Waals surface area contributed by atoms with Gasteiger partial charge in [0.1, 0.15) is 23.3 Å². The Labute approximate surface area is 381 Å². The molecule has 304 valence electrons. The molecule has 11 rings (SSSR count). The van der Waals surface area contributed by atoms with Gasteiger partial charge >= 0.3 is 0 Å². The molecule has 0 aliphatic carbocycles. The molecule has 0 aromatic heterocycles. The van der Waals surface area contributed by atoms with Gasteiger partial charge < -0.3 is 0 Å². The maximum absolute atomic E-state index is 14.4. The fourth-order valence-electron chi connectivity index (χ4n) is 7.80. The van der Waals surface area contributed by atoms with Gasteiger partial charge in [0, 0.05) is 26.7 Å². The molecule has 0 fully saturated rings. The molecule has 9 heteroatoms. The third-order valence-electron chi connectivity index (χ3n) is 10.2. The van der Waals surface area contributed by atoms with Gasteiger partial charge in [0.15, 0.2) is 0 Å². The van der Waals surface area contributed by atoms with E-state index >= 15 is 0 Å². The first kappa shape index (κ1) is 45.0. The van der Waals surface area contributed by atoms with Crippen LogP contribution in [0.1, 0.15) is 22.3 Å². The van der Waals surface area contributed by atoms with Crippen LogP contribution in [0.4, 0.5) is 17.6 Å². The van der Waals surface area contributed by atoms with Crippen LogP contribution in [0.25, 0.3) is 44.5 Å². The lowest BCUT2D eigenvalue weighted by molar-refractivity contribution is 0.623. The van der Waals surface area contributed by atoms with Gasteiger partial charge in [0.05, 0.1) is 20.6 Å². The lowest BCUT2D eigenvalue weighted by Gasteiger charge is -2.36. The summed E-state index contributed by atoms with van der Waals surface area (Å²) >= 11 is 4.45. The van der Waals surface area contributed by atoms with E-state index in [1.807, 2.05) is 78.9 Å². The summed E-state index contributed by atoms with van der Waals surface area (Å²) in [5, 5.41) is 0. The van der Waals surface area contributed by atoms with Gasteiger partial charge in [0.2, 0.25) is 0 Å². The fraction of sp³-hybridized carbons (Fsp3) is 0.0588. The highest BCUT2D eigenvalue weighted by Gasteiger charge is 2.48. The zero-order valence-electron chi connectivity index (χ0n) is 29.7. The number of halogens is 6. The standard InChI is InChI=1S/C24H14F2S.C12H7FI2.C12H7FOS.3CH4/c25-15-9-11-19-17-5-1-3-7-21(17)27(23(19)13-15)22-8-4-2-6-18(22)20-12-10-16(26)14-24(20)27;13-8-5-6-10(12(15)7-8)9-3-1-2-4-11(9)14;13-8-5-6-10-9-3-1-2-4-11(9)15(14)12(10)7-8;;;/h1-14H;2*1-7H;3*1H4. The predicted octanol–water partition coefficient (Wildman–Crippen LogP) is 16.8. The molecule has 1 atom stereocenters. The van der Waals surface area contributed by atoms with Crippen molar-refractivity contribution in [2.75, 3.05) is 0 Å². The second-order valence-electron chi connectivity index (χ2n) is 13.4. The van der Waals surface area contributed by atoms with Gasteiger partial charge in [0.25, 0.3) is 0 Å². The Morgan fingerprint density at radius 2 is 0.717 bits per heavy atom. The monoisotopic (exact) mass is 1060 g/mol. The highest BCUT2D eigenvalue weighted by molar-refractivity contribution is 14.1. The summed E-state index contributed by atoms with van der Waals surface area (Å²) in [6.45, 7) is 0. The average molecular weight is 1060 g/mol. The van der Waals surface area contributed by atoms with Gasteiger partial charge in [-0.1, -0.05) is 119 Å². The molecule has 1 nitrogen and oxygen atoms in total. The fourth-order valence-corrected chi connectivity index (χ4v) is 15.3. The Balaban J connectivity index is 0.000000158. The molecule has 0 bridgehead atoms. The first-order chi connectivity index (χ1) is 27.7.